The van der Waals surface area contributed by atoms with E-state index >= 15 is 0 Å². The van der Waals surface area contributed by atoms with Crippen LogP contribution >= 0.6 is 0 Å². The van der Waals surface area contributed by atoms with Crippen molar-refractivity contribution in [3.8, 4) is 23.3 Å². The Balaban J connectivity index is 1.36. The molecule has 2 aromatic rings. The first kappa shape index (κ1) is 15.2. The monoisotopic (exact) mass is 309 g/mol. The zero-order valence-corrected chi connectivity index (χ0v) is 12.9. The molecule has 1 saturated carbocycles. The second-order valence-corrected chi connectivity index (χ2v) is 5.56. The van der Waals surface area contributed by atoms with E-state index in [2.05, 4.69) is 6.07 Å². The molecule has 23 heavy (non-hydrogen) atoms. The van der Waals surface area contributed by atoms with Gasteiger partial charge in [0.25, 0.3) is 0 Å². The van der Waals surface area contributed by atoms with E-state index in [-0.39, 0.29) is 0 Å². The van der Waals surface area contributed by atoms with Crippen molar-refractivity contribution in [1.29, 1.82) is 5.26 Å². The lowest BCUT2D eigenvalue weighted by Gasteiger charge is -2.09. The topological polar surface area (TPSA) is 51.5 Å². The van der Waals surface area contributed by atoms with E-state index in [0.29, 0.717) is 18.8 Å². The van der Waals surface area contributed by atoms with Gasteiger partial charge in [-0.25, -0.2) is 0 Å². The predicted molar refractivity (Wildman–Crippen MR) is 86.8 cm³/mol. The standard InChI is InChI=1S/C19H19NO3/c20-13-15-3-5-17(6-4-15)21-11-12-22-18-7-9-19(10-8-18)23-14-16-1-2-16/h3-10,16H,1-2,11-12,14H2. The van der Waals surface area contributed by atoms with E-state index in [4.69, 9.17) is 19.5 Å². The average Bonchev–Trinajstić information content (AvgIpc) is 3.43. The molecule has 0 heterocycles. The first-order chi connectivity index (χ1) is 11.3. The molecule has 1 aliphatic rings. The SMILES string of the molecule is N#Cc1ccc(OCCOc2ccc(OCC3CC3)cc2)cc1. The van der Waals surface area contributed by atoms with Crippen molar-refractivity contribution in [1.82, 2.24) is 0 Å². The molecule has 2 aromatic carbocycles. The maximum atomic E-state index is 8.73. The predicted octanol–water partition coefficient (Wildman–Crippen LogP) is 3.80. The molecule has 3 rings (SSSR count). The zero-order valence-electron chi connectivity index (χ0n) is 12.9. The van der Waals surface area contributed by atoms with Crippen LogP contribution in [0.3, 0.4) is 0 Å². The molecule has 0 radical (unpaired) electrons. The van der Waals surface area contributed by atoms with Crippen molar-refractivity contribution in [3.05, 3.63) is 54.1 Å². The molecule has 0 N–H and O–H groups in total. The molecule has 1 fully saturated rings. The number of hydrogen-bond acceptors (Lipinski definition) is 4. The highest BCUT2D eigenvalue weighted by Gasteiger charge is 2.21. The van der Waals surface area contributed by atoms with Crippen LogP contribution in [-0.4, -0.2) is 19.8 Å². The highest BCUT2D eigenvalue weighted by Crippen LogP contribution is 2.29. The molecular formula is C19H19NO3. The molecule has 0 spiro atoms. The number of nitriles is 1. The van der Waals surface area contributed by atoms with Gasteiger partial charge in [-0.05, 0) is 67.3 Å². The van der Waals surface area contributed by atoms with E-state index in [1.165, 1.54) is 12.8 Å². The molecule has 0 saturated heterocycles. The van der Waals surface area contributed by atoms with Crippen molar-refractivity contribution in [2.45, 2.75) is 12.8 Å². The van der Waals surface area contributed by atoms with Crippen LogP contribution in [0.2, 0.25) is 0 Å². The van der Waals surface area contributed by atoms with Crippen LogP contribution in [0.4, 0.5) is 0 Å². The van der Waals surface area contributed by atoms with Crippen molar-refractivity contribution in [3.63, 3.8) is 0 Å². The fourth-order valence-electron chi connectivity index (χ4n) is 2.08. The molecule has 1 aliphatic carbocycles. The minimum absolute atomic E-state index is 0.450. The van der Waals surface area contributed by atoms with Crippen LogP contribution in [0.25, 0.3) is 0 Å². The lowest BCUT2D eigenvalue weighted by molar-refractivity contribution is 0.217. The number of benzene rings is 2. The molecule has 4 heteroatoms. The molecule has 118 valence electrons. The Morgan fingerprint density at radius 1 is 0.783 bits per heavy atom. The Hall–Kier alpha value is -2.67. The summed E-state index contributed by atoms with van der Waals surface area (Å²) in [7, 11) is 0. The largest absolute Gasteiger partial charge is 0.493 e. The second-order valence-electron chi connectivity index (χ2n) is 5.56. The third-order valence-electron chi connectivity index (χ3n) is 3.61. The molecular weight excluding hydrogens is 290 g/mol. The van der Waals surface area contributed by atoms with E-state index in [9.17, 15) is 0 Å². The van der Waals surface area contributed by atoms with Crippen molar-refractivity contribution in [2.75, 3.05) is 19.8 Å². The molecule has 0 unspecified atom stereocenters. The van der Waals surface area contributed by atoms with E-state index in [0.717, 1.165) is 29.8 Å². The minimum atomic E-state index is 0.450. The lowest BCUT2D eigenvalue weighted by atomic mass is 10.2. The Bertz CT molecular complexity index is 655. The Kier molecular flexibility index (Phi) is 5.00. The average molecular weight is 309 g/mol. The summed E-state index contributed by atoms with van der Waals surface area (Å²) in [4.78, 5) is 0. The molecule has 0 atom stereocenters. The van der Waals surface area contributed by atoms with Crippen LogP contribution in [0, 0.1) is 17.2 Å². The van der Waals surface area contributed by atoms with Crippen molar-refractivity contribution in [2.24, 2.45) is 5.92 Å². The smallest absolute Gasteiger partial charge is 0.122 e. The van der Waals surface area contributed by atoms with Gasteiger partial charge in [-0.3, -0.25) is 0 Å². The van der Waals surface area contributed by atoms with E-state index < -0.39 is 0 Å². The fraction of sp³-hybridized carbons (Fsp3) is 0.316. The Morgan fingerprint density at radius 2 is 1.26 bits per heavy atom. The lowest BCUT2D eigenvalue weighted by Crippen LogP contribution is -2.09. The fourth-order valence-corrected chi connectivity index (χ4v) is 2.08. The molecule has 0 aliphatic heterocycles. The molecule has 4 nitrogen and oxygen atoms in total. The number of hydrogen-bond donors (Lipinski definition) is 0. The van der Waals surface area contributed by atoms with Crippen LogP contribution < -0.4 is 14.2 Å². The maximum Gasteiger partial charge on any atom is 0.122 e. The van der Waals surface area contributed by atoms with Gasteiger partial charge >= 0.3 is 0 Å². The van der Waals surface area contributed by atoms with Crippen LogP contribution in [0.5, 0.6) is 17.2 Å². The van der Waals surface area contributed by atoms with Gasteiger partial charge in [0.1, 0.15) is 30.5 Å². The third kappa shape index (κ3) is 4.93. The summed E-state index contributed by atoms with van der Waals surface area (Å²) in [6, 6.07) is 16.8. The van der Waals surface area contributed by atoms with Gasteiger partial charge < -0.3 is 14.2 Å². The summed E-state index contributed by atoms with van der Waals surface area (Å²) in [5.74, 6) is 3.17. The van der Waals surface area contributed by atoms with Gasteiger partial charge in [0.15, 0.2) is 0 Å². The van der Waals surface area contributed by atoms with Crippen molar-refractivity contribution >= 4 is 0 Å². The number of rotatable bonds is 8. The second kappa shape index (κ2) is 7.55. The van der Waals surface area contributed by atoms with E-state index in [1.54, 1.807) is 24.3 Å². The highest BCUT2D eigenvalue weighted by molar-refractivity contribution is 5.34. The maximum absolute atomic E-state index is 8.73. The molecule has 0 amide bonds. The third-order valence-corrected chi connectivity index (χ3v) is 3.61. The van der Waals surface area contributed by atoms with Crippen LogP contribution in [0.15, 0.2) is 48.5 Å². The summed E-state index contributed by atoms with van der Waals surface area (Å²) in [5, 5.41) is 8.73. The van der Waals surface area contributed by atoms with Crippen molar-refractivity contribution < 1.29 is 14.2 Å². The quantitative estimate of drug-likeness (QED) is 0.696. The Morgan fingerprint density at radius 3 is 1.74 bits per heavy atom. The van der Waals surface area contributed by atoms with Gasteiger partial charge in [-0.15, -0.1) is 0 Å². The van der Waals surface area contributed by atoms with Gasteiger partial charge in [-0.1, -0.05) is 0 Å². The zero-order chi connectivity index (χ0) is 15.9. The first-order valence-electron chi connectivity index (χ1n) is 7.82. The first-order valence-corrected chi connectivity index (χ1v) is 7.82. The van der Waals surface area contributed by atoms with Gasteiger partial charge in [-0.2, -0.15) is 5.26 Å². The van der Waals surface area contributed by atoms with Gasteiger partial charge in [0, 0.05) is 0 Å². The summed E-state index contributed by atoms with van der Waals surface area (Å²) >= 11 is 0. The summed E-state index contributed by atoms with van der Waals surface area (Å²) in [5.41, 5.74) is 0.623. The van der Waals surface area contributed by atoms with Crippen LogP contribution in [-0.2, 0) is 0 Å². The van der Waals surface area contributed by atoms with E-state index in [1.807, 2.05) is 24.3 Å². The normalized spacial score (nSPS) is 13.2. The van der Waals surface area contributed by atoms with Gasteiger partial charge in [0.05, 0.1) is 18.2 Å². The van der Waals surface area contributed by atoms with Gasteiger partial charge in [0.2, 0.25) is 0 Å². The molecule has 0 aromatic heterocycles. The number of nitrogens with zero attached hydrogens (tertiary/aromatic N) is 1. The molecule has 0 bridgehead atoms. The highest BCUT2D eigenvalue weighted by atomic mass is 16.5. The Labute approximate surface area is 136 Å². The summed E-state index contributed by atoms with van der Waals surface area (Å²) in [6.45, 7) is 1.73. The van der Waals surface area contributed by atoms with Crippen LogP contribution in [0.1, 0.15) is 18.4 Å². The number of ether oxygens (including phenoxy) is 3. The minimum Gasteiger partial charge on any atom is -0.493 e. The summed E-state index contributed by atoms with van der Waals surface area (Å²) < 4.78 is 16.9. The summed E-state index contributed by atoms with van der Waals surface area (Å²) in [6.07, 6.45) is 2.58.